The molecular formula is C25H38N4O6. The van der Waals surface area contributed by atoms with E-state index in [0.29, 0.717) is 31.8 Å². The van der Waals surface area contributed by atoms with Gasteiger partial charge in [-0.2, -0.15) is 0 Å². The number of benzene rings is 1. The highest BCUT2D eigenvalue weighted by atomic mass is 16.5. The summed E-state index contributed by atoms with van der Waals surface area (Å²) in [7, 11) is 0. The summed E-state index contributed by atoms with van der Waals surface area (Å²) < 4.78 is 5.85. The number of hydrogen-bond donors (Lipinski definition) is 3. The largest absolute Gasteiger partial charge is 0.491 e. The number of aliphatic hydroxyl groups excluding tert-OH is 1. The molecule has 1 aromatic rings. The number of nitrogens with one attached hydrogen (secondary N) is 2. The van der Waals surface area contributed by atoms with E-state index < -0.39 is 29.8 Å². The summed E-state index contributed by atoms with van der Waals surface area (Å²) in [6.45, 7) is 8.53. The molecule has 0 bridgehead atoms. The first-order valence-electron chi connectivity index (χ1n) is 12.2. The van der Waals surface area contributed by atoms with E-state index in [1.807, 2.05) is 20.8 Å². The van der Waals surface area contributed by atoms with Gasteiger partial charge in [-0.25, -0.2) is 0 Å². The van der Waals surface area contributed by atoms with Crippen LogP contribution in [0.5, 0.6) is 5.75 Å². The van der Waals surface area contributed by atoms with E-state index in [1.54, 1.807) is 36.1 Å². The van der Waals surface area contributed by atoms with Gasteiger partial charge in [0, 0.05) is 19.6 Å². The SMILES string of the molecule is CCN(CCO)C(=O)[C@@H]1CC(=O)N[C@H](CC(C)C)C(=O)N(CC)CCOc2ccccc2C(=O)N1. The number of hydrogen-bond acceptors (Lipinski definition) is 6. The molecule has 0 spiro atoms. The lowest BCUT2D eigenvalue weighted by molar-refractivity contribution is -0.138. The molecule has 1 aliphatic rings. The fraction of sp³-hybridized carbons (Fsp3) is 0.600. The molecule has 10 nitrogen and oxygen atoms in total. The Hall–Kier alpha value is -3.14. The van der Waals surface area contributed by atoms with Gasteiger partial charge in [-0.05, 0) is 38.3 Å². The van der Waals surface area contributed by atoms with Crippen molar-refractivity contribution in [3.8, 4) is 5.75 Å². The van der Waals surface area contributed by atoms with E-state index in [9.17, 15) is 24.3 Å². The highest BCUT2D eigenvalue weighted by Crippen LogP contribution is 2.19. The third kappa shape index (κ3) is 7.95. The lowest BCUT2D eigenvalue weighted by atomic mass is 10.0. The molecule has 1 heterocycles. The van der Waals surface area contributed by atoms with Gasteiger partial charge in [0.1, 0.15) is 24.4 Å². The predicted octanol–water partition coefficient (Wildman–Crippen LogP) is 0.788. The normalized spacial score (nSPS) is 19.8. The molecule has 0 saturated heterocycles. The Morgan fingerprint density at radius 2 is 1.91 bits per heavy atom. The Morgan fingerprint density at radius 1 is 1.20 bits per heavy atom. The monoisotopic (exact) mass is 490 g/mol. The van der Waals surface area contributed by atoms with Crippen LogP contribution in [-0.2, 0) is 14.4 Å². The second-order valence-electron chi connectivity index (χ2n) is 8.88. The van der Waals surface area contributed by atoms with Crippen LogP contribution >= 0.6 is 0 Å². The van der Waals surface area contributed by atoms with Crippen LogP contribution in [0.1, 0.15) is 50.9 Å². The van der Waals surface area contributed by atoms with Gasteiger partial charge in [0.05, 0.1) is 25.1 Å². The minimum atomic E-state index is -1.18. The van der Waals surface area contributed by atoms with E-state index in [-0.39, 0.29) is 43.6 Å². The number of carbonyl (C=O) groups excluding carboxylic acids is 4. The first kappa shape index (κ1) is 28.1. The maximum Gasteiger partial charge on any atom is 0.255 e. The van der Waals surface area contributed by atoms with E-state index in [4.69, 9.17) is 4.74 Å². The lowest BCUT2D eigenvalue weighted by Gasteiger charge is -2.30. The number of para-hydroxylation sites is 1. The molecular weight excluding hydrogens is 452 g/mol. The van der Waals surface area contributed by atoms with E-state index >= 15 is 0 Å². The van der Waals surface area contributed by atoms with Crippen molar-refractivity contribution in [2.45, 2.75) is 52.6 Å². The van der Waals surface area contributed by atoms with Gasteiger partial charge in [0.15, 0.2) is 0 Å². The van der Waals surface area contributed by atoms with Crippen molar-refractivity contribution < 1.29 is 29.0 Å². The highest BCUT2D eigenvalue weighted by molar-refractivity contribution is 6.01. The first-order valence-corrected chi connectivity index (χ1v) is 12.2. The number of aliphatic hydroxyl groups is 1. The topological polar surface area (TPSA) is 128 Å². The molecule has 0 radical (unpaired) electrons. The highest BCUT2D eigenvalue weighted by Gasteiger charge is 2.32. The molecule has 3 N–H and O–H groups in total. The fourth-order valence-electron chi connectivity index (χ4n) is 4.02. The Labute approximate surface area is 207 Å². The molecule has 0 unspecified atom stereocenters. The number of amides is 4. The molecule has 35 heavy (non-hydrogen) atoms. The van der Waals surface area contributed by atoms with Crippen molar-refractivity contribution in [1.29, 1.82) is 0 Å². The Balaban J connectivity index is 2.45. The van der Waals surface area contributed by atoms with Crippen molar-refractivity contribution in [3.05, 3.63) is 29.8 Å². The molecule has 10 heteroatoms. The minimum absolute atomic E-state index is 0.0724. The quantitative estimate of drug-likeness (QED) is 0.518. The van der Waals surface area contributed by atoms with Gasteiger partial charge in [-0.15, -0.1) is 0 Å². The van der Waals surface area contributed by atoms with E-state index in [0.717, 1.165) is 0 Å². The summed E-state index contributed by atoms with van der Waals surface area (Å²) in [6.07, 6.45) is 0.0882. The van der Waals surface area contributed by atoms with Gasteiger partial charge >= 0.3 is 0 Å². The van der Waals surface area contributed by atoms with Gasteiger partial charge in [0.2, 0.25) is 17.7 Å². The molecule has 2 rings (SSSR count). The molecule has 0 saturated carbocycles. The zero-order valence-corrected chi connectivity index (χ0v) is 21.1. The maximum atomic E-state index is 13.3. The van der Waals surface area contributed by atoms with Gasteiger partial charge in [0.25, 0.3) is 5.91 Å². The predicted molar refractivity (Wildman–Crippen MR) is 131 cm³/mol. The average Bonchev–Trinajstić information content (AvgIpc) is 2.83. The number of ether oxygens (including phenoxy) is 1. The Morgan fingerprint density at radius 3 is 2.54 bits per heavy atom. The van der Waals surface area contributed by atoms with Crippen molar-refractivity contribution in [2.75, 3.05) is 39.4 Å². The van der Waals surface area contributed by atoms with Crippen molar-refractivity contribution in [1.82, 2.24) is 20.4 Å². The van der Waals surface area contributed by atoms with E-state index in [2.05, 4.69) is 10.6 Å². The maximum absolute atomic E-state index is 13.3. The summed E-state index contributed by atoms with van der Waals surface area (Å²) in [5, 5.41) is 14.8. The van der Waals surface area contributed by atoms with Crippen molar-refractivity contribution >= 4 is 23.6 Å². The molecule has 0 aromatic heterocycles. The average molecular weight is 491 g/mol. The number of nitrogens with zero attached hydrogens (tertiary/aromatic N) is 2. The smallest absolute Gasteiger partial charge is 0.255 e. The van der Waals surface area contributed by atoms with Gasteiger partial charge < -0.3 is 30.3 Å². The fourth-order valence-corrected chi connectivity index (χ4v) is 4.02. The molecule has 0 aliphatic carbocycles. The summed E-state index contributed by atoms with van der Waals surface area (Å²) in [4.78, 5) is 55.6. The van der Waals surface area contributed by atoms with Gasteiger partial charge in [-0.3, -0.25) is 19.2 Å². The number of fused-ring (bicyclic) bond motifs is 1. The second-order valence-corrected chi connectivity index (χ2v) is 8.88. The molecule has 4 amide bonds. The second kappa shape index (κ2) is 13.7. The summed E-state index contributed by atoms with van der Waals surface area (Å²) >= 11 is 0. The zero-order chi connectivity index (χ0) is 26.0. The van der Waals surface area contributed by atoms with Crippen LogP contribution in [0, 0.1) is 5.92 Å². The van der Waals surface area contributed by atoms with Crippen LogP contribution < -0.4 is 15.4 Å². The van der Waals surface area contributed by atoms with Gasteiger partial charge in [-0.1, -0.05) is 26.0 Å². The van der Waals surface area contributed by atoms with Crippen LogP contribution in [0.3, 0.4) is 0 Å². The van der Waals surface area contributed by atoms with Crippen molar-refractivity contribution in [2.24, 2.45) is 5.92 Å². The summed E-state index contributed by atoms with van der Waals surface area (Å²) in [5.74, 6) is -1.31. The third-order valence-corrected chi connectivity index (χ3v) is 5.84. The third-order valence-electron chi connectivity index (χ3n) is 5.84. The molecule has 1 aromatic carbocycles. The minimum Gasteiger partial charge on any atom is -0.491 e. The van der Waals surface area contributed by atoms with E-state index in [1.165, 1.54) is 4.90 Å². The van der Waals surface area contributed by atoms with Crippen LogP contribution in [0.4, 0.5) is 0 Å². The first-order chi connectivity index (χ1) is 16.7. The number of carbonyl (C=O) groups is 4. The molecule has 194 valence electrons. The summed E-state index contributed by atoms with van der Waals surface area (Å²) in [5.41, 5.74) is 0.222. The Kier molecular flexibility index (Phi) is 11.0. The van der Waals surface area contributed by atoms with Crippen molar-refractivity contribution in [3.63, 3.8) is 0 Å². The molecule has 0 fully saturated rings. The number of rotatable bonds is 7. The number of likely N-dealkylation sites (N-methyl/N-ethyl adjacent to an activating group) is 2. The molecule has 1 aliphatic heterocycles. The van der Waals surface area contributed by atoms with Crippen LogP contribution in [0.2, 0.25) is 0 Å². The van der Waals surface area contributed by atoms with Crippen LogP contribution in [0.25, 0.3) is 0 Å². The standard InChI is InChI=1S/C25H38N4O6/c1-5-28(11-13-30)25(34)20-16-22(31)26-19(15-17(3)4)24(33)29(6-2)12-14-35-21-10-8-7-9-18(21)23(32)27-20/h7-10,17,19-20,30H,5-6,11-16H2,1-4H3,(H,26,31)(H,27,32)/t19-,20+/m1/s1. The lowest BCUT2D eigenvalue weighted by Crippen LogP contribution is -2.54. The van der Waals surface area contributed by atoms with Crippen LogP contribution in [-0.4, -0.2) is 90.0 Å². The zero-order valence-electron chi connectivity index (χ0n) is 21.1. The Bertz CT molecular complexity index is 890. The molecule has 2 atom stereocenters. The van der Waals surface area contributed by atoms with Crippen LogP contribution in [0.15, 0.2) is 24.3 Å². The summed E-state index contributed by atoms with van der Waals surface area (Å²) in [6, 6.07) is 4.69.